The van der Waals surface area contributed by atoms with Gasteiger partial charge in [-0.1, -0.05) is 0 Å². The fourth-order valence-corrected chi connectivity index (χ4v) is 2.47. The van der Waals surface area contributed by atoms with Gasteiger partial charge in [0.15, 0.2) is 0 Å². The molecule has 6 heteroatoms. The lowest BCUT2D eigenvalue weighted by Crippen LogP contribution is -2.51. The quantitative estimate of drug-likeness (QED) is 0.840. The minimum atomic E-state index is -0.738. The standard InChI is InChI=1S/C13H22N4O2/c1-3-17-12(4-5-14-17)10-15-6-8-16(9-7-15)11(2)13(18)19/h4-5,11H,3,6-10H2,1-2H3,(H,18,19). The van der Waals surface area contributed by atoms with Crippen LogP contribution in [-0.4, -0.2) is 62.9 Å². The number of aliphatic carboxylic acids is 1. The molecule has 1 aromatic heterocycles. The predicted molar refractivity (Wildman–Crippen MR) is 71.8 cm³/mol. The average molecular weight is 266 g/mol. The number of nitrogens with zero attached hydrogens (tertiary/aromatic N) is 4. The first-order chi connectivity index (χ1) is 9.11. The summed E-state index contributed by atoms with van der Waals surface area (Å²) in [7, 11) is 0. The number of aromatic nitrogens is 2. The highest BCUT2D eigenvalue weighted by atomic mass is 16.4. The van der Waals surface area contributed by atoms with Crippen molar-refractivity contribution in [3.8, 4) is 0 Å². The lowest BCUT2D eigenvalue weighted by atomic mass is 10.2. The van der Waals surface area contributed by atoms with Crippen LogP contribution in [0.3, 0.4) is 0 Å². The van der Waals surface area contributed by atoms with Crippen molar-refractivity contribution in [2.75, 3.05) is 26.2 Å². The van der Waals surface area contributed by atoms with Crippen LogP contribution in [0.2, 0.25) is 0 Å². The maximum atomic E-state index is 11.0. The molecule has 0 radical (unpaired) electrons. The van der Waals surface area contributed by atoms with Crippen LogP contribution in [0.1, 0.15) is 19.5 Å². The molecule has 19 heavy (non-hydrogen) atoms. The van der Waals surface area contributed by atoms with Crippen molar-refractivity contribution >= 4 is 5.97 Å². The van der Waals surface area contributed by atoms with Crippen LogP contribution in [0.5, 0.6) is 0 Å². The van der Waals surface area contributed by atoms with Crippen LogP contribution < -0.4 is 0 Å². The molecule has 0 bridgehead atoms. The number of carboxylic acid groups (broad SMARTS) is 1. The molecule has 106 valence electrons. The van der Waals surface area contributed by atoms with Crippen LogP contribution in [0.25, 0.3) is 0 Å². The predicted octanol–water partition coefficient (Wildman–Crippen LogP) is 0.494. The SMILES string of the molecule is CCn1nccc1CN1CCN(C(C)C(=O)O)CC1. The lowest BCUT2D eigenvalue weighted by molar-refractivity contribution is -0.143. The van der Waals surface area contributed by atoms with E-state index in [1.54, 1.807) is 6.92 Å². The summed E-state index contributed by atoms with van der Waals surface area (Å²) in [5.41, 5.74) is 1.22. The van der Waals surface area contributed by atoms with Crippen molar-refractivity contribution in [3.05, 3.63) is 18.0 Å². The Morgan fingerprint density at radius 2 is 2.11 bits per heavy atom. The van der Waals surface area contributed by atoms with Crippen molar-refractivity contribution in [1.29, 1.82) is 0 Å². The van der Waals surface area contributed by atoms with E-state index in [4.69, 9.17) is 5.11 Å². The van der Waals surface area contributed by atoms with Gasteiger partial charge in [-0.25, -0.2) is 0 Å². The first kappa shape index (κ1) is 14.0. The van der Waals surface area contributed by atoms with E-state index in [0.29, 0.717) is 0 Å². The maximum Gasteiger partial charge on any atom is 0.320 e. The molecule has 1 saturated heterocycles. The molecule has 6 nitrogen and oxygen atoms in total. The Morgan fingerprint density at radius 3 is 2.68 bits per heavy atom. The molecule has 0 aromatic carbocycles. The summed E-state index contributed by atoms with van der Waals surface area (Å²) in [6.45, 7) is 9.06. The molecule has 0 amide bonds. The van der Waals surface area contributed by atoms with E-state index in [1.807, 2.05) is 15.8 Å². The molecule has 2 heterocycles. The second kappa shape index (κ2) is 6.16. The Labute approximate surface area is 113 Å². The molecule has 1 aromatic rings. The first-order valence-corrected chi connectivity index (χ1v) is 6.81. The molecule has 1 atom stereocenters. The van der Waals surface area contributed by atoms with Crippen LogP contribution in [-0.2, 0) is 17.9 Å². The summed E-state index contributed by atoms with van der Waals surface area (Å²) in [4.78, 5) is 15.3. The van der Waals surface area contributed by atoms with Gasteiger partial charge in [0.25, 0.3) is 0 Å². The number of carboxylic acids is 1. The molecule has 0 spiro atoms. The molecule has 1 unspecified atom stereocenters. The number of hydrogen-bond donors (Lipinski definition) is 1. The highest BCUT2D eigenvalue weighted by Crippen LogP contribution is 2.10. The molecular weight excluding hydrogens is 244 g/mol. The van der Waals surface area contributed by atoms with Gasteiger partial charge in [-0.2, -0.15) is 5.10 Å². The molecule has 1 aliphatic rings. The lowest BCUT2D eigenvalue weighted by Gasteiger charge is -2.36. The fourth-order valence-electron chi connectivity index (χ4n) is 2.47. The van der Waals surface area contributed by atoms with Crippen LogP contribution in [0, 0.1) is 0 Å². The van der Waals surface area contributed by atoms with Crippen molar-refractivity contribution in [1.82, 2.24) is 19.6 Å². The van der Waals surface area contributed by atoms with Gasteiger partial charge in [-0.15, -0.1) is 0 Å². The first-order valence-electron chi connectivity index (χ1n) is 6.81. The highest BCUT2D eigenvalue weighted by molar-refractivity contribution is 5.72. The summed E-state index contributed by atoms with van der Waals surface area (Å²) in [5, 5.41) is 13.3. The van der Waals surface area contributed by atoms with Crippen LogP contribution >= 0.6 is 0 Å². The third-order valence-corrected chi connectivity index (χ3v) is 3.80. The van der Waals surface area contributed by atoms with E-state index < -0.39 is 5.97 Å². The Hall–Kier alpha value is -1.40. The number of piperazine rings is 1. The van der Waals surface area contributed by atoms with Crippen molar-refractivity contribution in [3.63, 3.8) is 0 Å². The second-order valence-electron chi connectivity index (χ2n) is 4.96. The summed E-state index contributed by atoms with van der Waals surface area (Å²) in [6, 6.07) is 1.67. The van der Waals surface area contributed by atoms with Gasteiger partial charge >= 0.3 is 5.97 Å². The number of hydrogen-bond acceptors (Lipinski definition) is 4. The zero-order chi connectivity index (χ0) is 13.8. The van der Waals surface area contributed by atoms with Crippen molar-refractivity contribution in [2.24, 2.45) is 0 Å². The average Bonchev–Trinajstić information content (AvgIpc) is 2.86. The Morgan fingerprint density at radius 1 is 1.42 bits per heavy atom. The largest absolute Gasteiger partial charge is 0.480 e. The van der Waals surface area contributed by atoms with E-state index in [1.165, 1.54) is 5.69 Å². The monoisotopic (exact) mass is 266 g/mol. The van der Waals surface area contributed by atoms with Gasteiger partial charge in [0.2, 0.25) is 0 Å². The van der Waals surface area contributed by atoms with E-state index >= 15 is 0 Å². The number of carbonyl (C=O) groups is 1. The summed E-state index contributed by atoms with van der Waals surface area (Å²) in [6.07, 6.45) is 1.83. The fraction of sp³-hybridized carbons (Fsp3) is 0.692. The van der Waals surface area contributed by atoms with Gasteiger partial charge in [-0.05, 0) is 19.9 Å². The van der Waals surface area contributed by atoms with E-state index in [-0.39, 0.29) is 6.04 Å². The van der Waals surface area contributed by atoms with Gasteiger partial charge in [0.05, 0.1) is 5.69 Å². The Bertz CT molecular complexity index is 424. The van der Waals surface area contributed by atoms with Crippen LogP contribution in [0.15, 0.2) is 12.3 Å². The number of aryl methyl sites for hydroxylation is 1. The molecule has 2 rings (SSSR count). The summed E-state index contributed by atoms with van der Waals surface area (Å²) < 4.78 is 2.01. The Kier molecular flexibility index (Phi) is 4.55. The molecule has 1 fully saturated rings. The summed E-state index contributed by atoms with van der Waals surface area (Å²) in [5.74, 6) is -0.738. The topological polar surface area (TPSA) is 61.6 Å². The highest BCUT2D eigenvalue weighted by Gasteiger charge is 2.25. The molecule has 1 N–H and O–H groups in total. The third kappa shape index (κ3) is 3.33. The van der Waals surface area contributed by atoms with E-state index in [9.17, 15) is 4.79 Å². The third-order valence-electron chi connectivity index (χ3n) is 3.80. The van der Waals surface area contributed by atoms with Gasteiger partial charge in [-0.3, -0.25) is 19.3 Å². The molecule has 1 aliphatic heterocycles. The van der Waals surface area contributed by atoms with E-state index in [2.05, 4.69) is 23.0 Å². The zero-order valence-corrected chi connectivity index (χ0v) is 11.6. The Balaban J connectivity index is 1.85. The zero-order valence-electron chi connectivity index (χ0n) is 11.6. The number of rotatable bonds is 5. The van der Waals surface area contributed by atoms with Gasteiger partial charge < -0.3 is 5.11 Å². The smallest absolute Gasteiger partial charge is 0.320 e. The minimum absolute atomic E-state index is 0.386. The van der Waals surface area contributed by atoms with E-state index in [0.717, 1.165) is 39.3 Å². The summed E-state index contributed by atoms with van der Waals surface area (Å²) >= 11 is 0. The van der Waals surface area contributed by atoms with Gasteiger partial charge in [0.1, 0.15) is 6.04 Å². The van der Waals surface area contributed by atoms with Crippen LogP contribution in [0.4, 0.5) is 0 Å². The van der Waals surface area contributed by atoms with Crippen molar-refractivity contribution < 1.29 is 9.90 Å². The molecular formula is C13H22N4O2. The van der Waals surface area contributed by atoms with Crippen molar-refractivity contribution in [2.45, 2.75) is 33.0 Å². The van der Waals surface area contributed by atoms with Gasteiger partial charge in [0, 0.05) is 45.5 Å². The molecule has 0 aliphatic carbocycles. The normalized spacial score (nSPS) is 19.5. The maximum absolute atomic E-state index is 11.0. The second-order valence-corrected chi connectivity index (χ2v) is 4.96. The minimum Gasteiger partial charge on any atom is -0.480 e. The molecule has 0 saturated carbocycles.